The number of halogens is 2. The average molecular weight is 640 g/mol. The maximum absolute atomic E-state index is 13.0. The molecule has 15 nitrogen and oxygen atoms in total. The second-order valence-corrected chi connectivity index (χ2v) is 10.2. The number of amides is 5. The molecule has 234 valence electrons. The zero-order valence-electron chi connectivity index (χ0n) is 24.5. The van der Waals surface area contributed by atoms with Crippen molar-refractivity contribution in [2.75, 3.05) is 55.6 Å². The lowest BCUT2D eigenvalue weighted by molar-refractivity contribution is 0.0942. The van der Waals surface area contributed by atoms with E-state index in [2.05, 4.69) is 26.6 Å². The van der Waals surface area contributed by atoms with Crippen molar-refractivity contribution in [3.8, 4) is 0 Å². The van der Waals surface area contributed by atoms with Crippen molar-refractivity contribution in [3.63, 3.8) is 0 Å². The van der Waals surface area contributed by atoms with Crippen molar-refractivity contribution in [2.45, 2.75) is 6.42 Å². The van der Waals surface area contributed by atoms with Gasteiger partial charge in [-0.25, -0.2) is 4.79 Å². The molecule has 0 aromatic carbocycles. The van der Waals surface area contributed by atoms with Crippen LogP contribution in [-0.2, 0) is 21.1 Å². The molecule has 0 aliphatic heterocycles. The van der Waals surface area contributed by atoms with Gasteiger partial charge in [-0.1, -0.05) is 0 Å². The van der Waals surface area contributed by atoms with Gasteiger partial charge in [-0.15, -0.1) is 28.9 Å². The standard InChI is InChI=1S/C26H35ClN10O5.ClH/c1-33(2)9-6-8-28-23(38)20-11-17(14-34(20)3)29-24(39)21-12-18(15-35(21)4)30-25(40)22-13-19(16-36(22)5)31-26(41)37(32-42)10-7-27;/h11-16H,6-10H2,1-5H3,(H,28,38)(H,29,39)(H,30,40)(H,31,41);1H. The highest BCUT2D eigenvalue weighted by Gasteiger charge is 2.20. The van der Waals surface area contributed by atoms with E-state index in [4.69, 9.17) is 11.6 Å². The molecular weight excluding hydrogens is 603 g/mol. The zero-order valence-corrected chi connectivity index (χ0v) is 26.1. The van der Waals surface area contributed by atoms with Crippen LogP contribution in [0.1, 0.15) is 37.9 Å². The predicted octanol–water partition coefficient (Wildman–Crippen LogP) is 3.06. The number of aryl methyl sites for hydroxylation is 3. The van der Waals surface area contributed by atoms with Crippen LogP contribution >= 0.6 is 24.0 Å². The molecule has 0 atom stereocenters. The van der Waals surface area contributed by atoms with E-state index in [0.29, 0.717) is 28.6 Å². The fourth-order valence-electron chi connectivity index (χ4n) is 4.10. The third-order valence-corrected chi connectivity index (χ3v) is 6.35. The number of urea groups is 1. The minimum atomic E-state index is -0.784. The highest BCUT2D eigenvalue weighted by atomic mass is 35.5. The summed E-state index contributed by atoms with van der Waals surface area (Å²) in [5.41, 5.74) is 1.96. The van der Waals surface area contributed by atoms with Crippen molar-refractivity contribution < 1.29 is 19.2 Å². The van der Waals surface area contributed by atoms with E-state index in [-0.39, 0.29) is 47.8 Å². The molecule has 0 aliphatic carbocycles. The second kappa shape index (κ2) is 15.8. The number of anilines is 3. The molecule has 0 saturated carbocycles. The van der Waals surface area contributed by atoms with E-state index in [1.807, 2.05) is 19.0 Å². The number of nitroso groups, excluding NO2 is 1. The van der Waals surface area contributed by atoms with E-state index in [1.54, 1.807) is 48.7 Å². The van der Waals surface area contributed by atoms with E-state index >= 15 is 0 Å². The Labute approximate surface area is 259 Å². The van der Waals surface area contributed by atoms with Crippen molar-refractivity contribution >= 4 is 64.8 Å². The molecule has 0 fully saturated rings. The third kappa shape index (κ3) is 9.33. The molecule has 3 aromatic heterocycles. The van der Waals surface area contributed by atoms with Crippen LogP contribution in [0.3, 0.4) is 0 Å². The van der Waals surface area contributed by atoms with Crippen LogP contribution in [0.5, 0.6) is 0 Å². The lowest BCUT2D eigenvalue weighted by Crippen LogP contribution is -2.31. The molecule has 0 aliphatic rings. The number of aromatic nitrogens is 3. The molecule has 5 amide bonds. The van der Waals surface area contributed by atoms with Crippen LogP contribution < -0.4 is 21.3 Å². The van der Waals surface area contributed by atoms with Gasteiger partial charge in [-0.3, -0.25) is 14.4 Å². The topological polar surface area (TPSA) is 167 Å². The third-order valence-electron chi connectivity index (χ3n) is 6.18. The first kappa shape index (κ1) is 34.9. The molecule has 43 heavy (non-hydrogen) atoms. The average Bonchev–Trinajstić information content (AvgIpc) is 3.60. The summed E-state index contributed by atoms with van der Waals surface area (Å²) in [6.07, 6.45) is 5.53. The minimum absolute atomic E-state index is 0. The SMILES string of the molecule is CN(C)CCCNC(=O)c1cc(NC(=O)c2cc(NC(=O)c3cc(NC(=O)N(CCCl)N=O)cn3C)cn2C)cn1C.Cl. The summed E-state index contributed by atoms with van der Waals surface area (Å²) in [6.45, 7) is 1.32. The van der Waals surface area contributed by atoms with Gasteiger partial charge in [0.2, 0.25) is 0 Å². The molecule has 4 N–H and O–H groups in total. The summed E-state index contributed by atoms with van der Waals surface area (Å²) < 4.78 is 4.68. The first-order valence-electron chi connectivity index (χ1n) is 13.0. The molecule has 0 bridgehead atoms. The maximum Gasteiger partial charge on any atom is 0.344 e. The van der Waals surface area contributed by atoms with Crippen molar-refractivity contribution in [2.24, 2.45) is 26.4 Å². The van der Waals surface area contributed by atoms with Gasteiger partial charge < -0.3 is 39.9 Å². The summed E-state index contributed by atoms with van der Waals surface area (Å²) in [7, 11) is 8.92. The van der Waals surface area contributed by atoms with Gasteiger partial charge in [0.25, 0.3) is 17.7 Å². The molecular formula is C26H36Cl2N10O5. The number of nitrogens with one attached hydrogen (secondary N) is 4. The van der Waals surface area contributed by atoms with Gasteiger partial charge in [0.1, 0.15) is 17.1 Å². The predicted molar refractivity (Wildman–Crippen MR) is 167 cm³/mol. The van der Waals surface area contributed by atoms with Crippen molar-refractivity contribution in [1.29, 1.82) is 0 Å². The van der Waals surface area contributed by atoms with Crippen LogP contribution in [0.15, 0.2) is 42.1 Å². The number of carbonyl (C=O) groups is 4. The van der Waals surface area contributed by atoms with Crippen molar-refractivity contribution in [1.82, 2.24) is 28.9 Å². The summed E-state index contributed by atoms with van der Waals surface area (Å²) >= 11 is 5.57. The van der Waals surface area contributed by atoms with Gasteiger partial charge in [-0.2, -0.15) is 5.01 Å². The molecule has 0 saturated heterocycles. The van der Waals surface area contributed by atoms with Crippen molar-refractivity contribution in [3.05, 3.63) is 58.8 Å². The maximum atomic E-state index is 13.0. The lowest BCUT2D eigenvalue weighted by Gasteiger charge is -2.11. The number of alkyl halides is 1. The van der Waals surface area contributed by atoms with Crippen LogP contribution in [0.25, 0.3) is 0 Å². The smallest absolute Gasteiger partial charge is 0.344 e. The summed E-state index contributed by atoms with van der Waals surface area (Å²) in [5, 5.41) is 14.1. The van der Waals surface area contributed by atoms with E-state index in [9.17, 15) is 24.1 Å². The first-order chi connectivity index (χ1) is 19.9. The Morgan fingerprint density at radius 2 is 1.21 bits per heavy atom. The summed E-state index contributed by atoms with van der Waals surface area (Å²) in [5.74, 6) is -1.14. The van der Waals surface area contributed by atoms with Gasteiger partial charge >= 0.3 is 6.03 Å². The number of hydrogen-bond acceptors (Lipinski definition) is 7. The molecule has 3 aromatic rings. The van der Waals surface area contributed by atoms with Gasteiger partial charge in [-0.05, 0) is 45.3 Å². The summed E-state index contributed by atoms with van der Waals surface area (Å²) in [4.78, 5) is 63.5. The Morgan fingerprint density at radius 1 is 0.767 bits per heavy atom. The Kier molecular flexibility index (Phi) is 12.8. The first-order valence-corrected chi connectivity index (χ1v) is 13.5. The molecule has 3 heterocycles. The normalized spacial score (nSPS) is 10.6. The van der Waals surface area contributed by atoms with Gasteiger partial charge in [0.05, 0.1) is 28.9 Å². The molecule has 3 rings (SSSR count). The van der Waals surface area contributed by atoms with Crippen LogP contribution in [0.4, 0.5) is 21.9 Å². The second-order valence-electron chi connectivity index (χ2n) is 9.82. The van der Waals surface area contributed by atoms with E-state index in [1.165, 1.54) is 22.9 Å². The molecule has 0 radical (unpaired) electrons. The largest absolute Gasteiger partial charge is 0.351 e. The summed E-state index contributed by atoms with van der Waals surface area (Å²) in [6, 6.07) is 3.75. The van der Waals surface area contributed by atoms with Crippen LogP contribution in [-0.4, -0.2) is 87.0 Å². The van der Waals surface area contributed by atoms with E-state index < -0.39 is 17.8 Å². The number of hydrogen-bond donors (Lipinski definition) is 4. The van der Waals surface area contributed by atoms with Gasteiger partial charge in [0.15, 0.2) is 0 Å². The Bertz CT molecular complexity index is 1460. The number of rotatable bonds is 13. The fourth-order valence-corrected chi connectivity index (χ4v) is 4.26. The lowest BCUT2D eigenvalue weighted by atomic mass is 10.3. The highest BCUT2D eigenvalue weighted by Crippen LogP contribution is 2.20. The highest BCUT2D eigenvalue weighted by molar-refractivity contribution is 6.18. The van der Waals surface area contributed by atoms with Crippen LogP contribution in [0.2, 0.25) is 0 Å². The van der Waals surface area contributed by atoms with Crippen LogP contribution in [0, 0.1) is 4.91 Å². The Hall–Kier alpha value is -4.34. The Balaban J connectivity index is 0.00000645. The quantitative estimate of drug-likeness (QED) is 0.0971. The number of nitrogens with zero attached hydrogens (tertiary/aromatic N) is 6. The van der Waals surface area contributed by atoms with E-state index in [0.717, 1.165) is 13.0 Å². The molecule has 0 spiro atoms. The minimum Gasteiger partial charge on any atom is -0.351 e. The fraction of sp³-hybridized carbons (Fsp3) is 0.385. The van der Waals surface area contributed by atoms with Gasteiger partial charge in [0, 0.05) is 52.2 Å². The zero-order chi connectivity index (χ0) is 31.0. The Morgan fingerprint density at radius 3 is 1.63 bits per heavy atom. The molecule has 17 heteroatoms. The monoisotopic (exact) mass is 638 g/mol. The molecule has 0 unspecified atom stereocenters. The number of carbonyl (C=O) groups excluding carboxylic acids is 4.